The van der Waals surface area contributed by atoms with Crippen molar-refractivity contribution in [3.63, 3.8) is 0 Å². The van der Waals surface area contributed by atoms with Gasteiger partial charge < -0.3 is 4.74 Å². The van der Waals surface area contributed by atoms with Crippen molar-refractivity contribution >= 4 is 5.78 Å². The number of benzene rings is 1. The van der Waals surface area contributed by atoms with Crippen molar-refractivity contribution in [2.75, 3.05) is 7.11 Å². The van der Waals surface area contributed by atoms with Gasteiger partial charge in [-0.05, 0) is 30.5 Å². The van der Waals surface area contributed by atoms with Crippen LogP contribution in [-0.4, -0.2) is 18.8 Å². The fraction of sp³-hybridized carbons (Fsp3) is 0.500. The maximum atomic E-state index is 13.5. The Labute approximate surface area is 109 Å². The molecule has 2 nitrogen and oxygen atoms in total. The molecule has 1 aromatic carbocycles. The molecule has 0 amide bonds. The highest BCUT2D eigenvalue weighted by Crippen LogP contribution is 2.40. The Kier molecular flexibility index (Phi) is 3.83. The van der Waals surface area contributed by atoms with E-state index >= 15 is 0 Å². The number of hydrogen-bond donors (Lipinski definition) is 0. The number of alkyl halides is 2. The minimum Gasteiger partial charge on any atom is -0.494 e. The smallest absolute Gasteiger partial charge is 0.248 e. The van der Waals surface area contributed by atoms with Gasteiger partial charge in [0, 0.05) is 24.8 Å². The van der Waals surface area contributed by atoms with Crippen molar-refractivity contribution in [1.29, 1.82) is 0 Å². The molecule has 2 rings (SSSR count). The Morgan fingerprint density at radius 1 is 1.47 bits per heavy atom. The van der Waals surface area contributed by atoms with Crippen LogP contribution >= 0.6 is 0 Å². The van der Waals surface area contributed by atoms with Crippen molar-refractivity contribution in [1.82, 2.24) is 0 Å². The van der Waals surface area contributed by atoms with Gasteiger partial charge in [-0.25, -0.2) is 13.2 Å². The molecular weight excluding hydrogens is 257 g/mol. The largest absolute Gasteiger partial charge is 0.494 e. The number of ketones is 1. The Morgan fingerprint density at radius 3 is 2.74 bits per heavy atom. The van der Waals surface area contributed by atoms with E-state index in [1.54, 1.807) is 0 Å². The molecule has 104 valence electrons. The molecule has 0 bridgehead atoms. The number of hydrogen-bond acceptors (Lipinski definition) is 2. The number of carbonyl (C=O) groups is 1. The lowest BCUT2D eigenvalue weighted by Crippen LogP contribution is -2.12. The lowest BCUT2D eigenvalue weighted by atomic mass is 9.97. The molecule has 1 saturated carbocycles. The second kappa shape index (κ2) is 5.23. The van der Waals surface area contributed by atoms with Crippen molar-refractivity contribution in [3.8, 4) is 5.75 Å². The van der Waals surface area contributed by atoms with Crippen LogP contribution in [0.3, 0.4) is 0 Å². The fourth-order valence-electron chi connectivity index (χ4n) is 2.44. The van der Waals surface area contributed by atoms with Crippen LogP contribution in [0.2, 0.25) is 0 Å². The molecule has 1 unspecified atom stereocenters. The third-order valence-corrected chi connectivity index (χ3v) is 3.45. The topological polar surface area (TPSA) is 26.3 Å². The zero-order valence-corrected chi connectivity index (χ0v) is 10.6. The number of carbonyl (C=O) groups excluding carboxylic acids is 1. The van der Waals surface area contributed by atoms with E-state index in [-0.39, 0.29) is 42.3 Å². The summed E-state index contributed by atoms with van der Waals surface area (Å²) in [4.78, 5) is 11.9. The highest BCUT2D eigenvalue weighted by atomic mass is 19.3. The van der Waals surface area contributed by atoms with E-state index in [0.717, 1.165) is 6.07 Å². The monoisotopic (exact) mass is 272 g/mol. The van der Waals surface area contributed by atoms with E-state index < -0.39 is 11.7 Å². The summed E-state index contributed by atoms with van der Waals surface area (Å²) in [5.74, 6) is -3.83. The van der Waals surface area contributed by atoms with Gasteiger partial charge in [0.25, 0.3) is 0 Å². The maximum Gasteiger partial charge on any atom is 0.248 e. The van der Waals surface area contributed by atoms with Gasteiger partial charge in [-0.3, -0.25) is 4.79 Å². The zero-order valence-electron chi connectivity index (χ0n) is 10.6. The number of ether oxygens (including phenoxy) is 1. The van der Waals surface area contributed by atoms with E-state index in [2.05, 4.69) is 0 Å². The highest BCUT2D eigenvalue weighted by molar-refractivity contribution is 5.96. The molecule has 0 radical (unpaired) electrons. The zero-order chi connectivity index (χ0) is 14.0. The number of halogens is 3. The van der Waals surface area contributed by atoms with E-state index in [9.17, 15) is 18.0 Å². The Bertz CT molecular complexity index is 486. The first-order valence-electron chi connectivity index (χ1n) is 6.16. The molecule has 1 atom stereocenters. The second-order valence-corrected chi connectivity index (χ2v) is 4.94. The van der Waals surface area contributed by atoms with Crippen molar-refractivity contribution in [3.05, 3.63) is 29.6 Å². The summed E-state index contributed by atoms with van der Waals surface area (Å²) in [6.45, 7) is 0. The van der Waals surface area contributed by atoms with Crippen LogP contribution in [0.15, 0.2) is 18.2 Å². The molecular formula is C14H15F3O2. The van der Waals surface area contributed by atoms with Crippen LogP contribution in [0.1, 0.15) is 36.0 Å². The quantitative estimate of drug-likeness (QED) is 0.778. The molecule has 5 heteroatoms. The SMILES string of the molecule is COc1ccc(C(=O)CC2CCC(F)(F)C2)cc1F. The second-order valence-electron chi connectivity index (χ2n) is 4.94. The van der Waals surface area contributed by atoms with E-state index in [1.165, 1.54) is 19.2 Å². The maximum absolute atomic E-state index is 13.5. The van der Waals surface area contributed by atoms with Gasteiger partial charge >= 0.3 is 0 Å². The molecule has 1 fully saturated rings. The molecule has 0 N–H and O–H groups in total. The van der Waals surface area contributed by atoms with Gasteiger partial charge in [0.15, 0.2) is 17.3 Å². The standard InChI is InChI=1S/C14H15F3O2/c1-19-13-3-2-10(7-11(13)15)12(18)6-9-4-5-14(16,17)8-9/h2-3,7,9H,4-6,8H2,1H3. The average molecular weight is 272 g/mol. The van der Waals surface area contributed by atoms with Gasteiger partial charge in [0.05, 0.1) is 7.11 Å². The van der Waals surface area contributed by atoms with Crippen LogP contribution in [0.4, 0.5) is 13.2 Å². The molecule has 0 spiro atoms. The molecule has 0 aromatic heterocycles. The van der Waals surface area contributed by atoms with Crippen LogP contribution in [0, 0.1) is 11.7 Å². The third kappa shape index (κ3) is 3.28. The molecule has 1 aromatic rings. The van der Waals surface area contributed by atoms with E-state index in [1.807, 2.05) is 0 Å². The lowest BCUT2D eigenvalue weighted by Gasteiger charge is -2.10. The molecule has 1 aliphatic carbocycles. The summed E-state index contributed by atoms with van der Waals surface area (Å²) in [5, 5.41) is 0. The minimum absolute atomic E-state index is 0.0430. The Balaban J connectivity index is 2.02. The summed E-state index contributed by atoms with van der Waals surface area (Å²) in [5.41, 5.74) is 0.202. The first-order chi connectivity index (χ1) is 8.91. The number of Topliss-reactive ketones (excluding diaryl/α,β-unsaturated/α-hetero) is 1. The summed E-state index contributed by atoms with van der Waals surface area (Å²) in [6, 6.07) is 3.91. The van der Waals surface area contributed by atoms with Crippen LogP contribution in [0.5, 0.6) is 5.75 Å². The third-order valence-electron chi connectivity index (χ3n) is 3.45. The number of methoxy groups -OCH3 is 1. The van der Waals surface area contributed by atoms with Crippen molar-refractivity contribution in [2.24, 2.45) is 5.92 Å². The molecule has 1 aliphatic rings. The predicted molar refractivity (Wildman–Crippen MR) is 64.2 cm³/mol. The van der Waals surface area contributed by atoms with E-state index in [4.69, 9.17) is 4.74 Å². The summed E-state index contributed by atoms with van der Waals surface area (Å²) < 4.78 is 44.2. The molecule has 0 saturated heterocycles. The van der Waals surface area contributed by atoms with Gasteiger partial charge in [-0.2, -0.15) is 0 Å². The predicted octanol–water partition coefficient (Wildman–Crippen LogP) is 3.84. The normalized spacial score (nSPS) is 21.4. The first-order valence-corrected chi connectivity index (χ1v) is 6.16. The summed E-state index contributed by atoms with van der Waals surface area (Å²) >= 11 is 0. The highest BCUT2D eigenvalue weighted by Gasteiger charge is 2.39. The van der Waals surface area contributed by atoms with Crippen LogP contribution < -0.4 is 4.74 Å². The Hall–Kier alpha value is -1.52. The molecule has 19 heavy (non-hydrogen) atoms. The minimum atomic E-state index is -2.66. The summed E-state index contributed by atoms with van der Waals surface area (Å²) in [7, 11) is 1.33. The van der Waals surface area contributed by atoms with Crippen LogP contribution in [0.25, 0.3) is 0 Å². The molecule has 0 heterocycles. The van der Waals surface area contributed by atoms with Gasteiger partial charge in [0.2, 0.25) is 5.92 Å². The van der Waals surface area contributed by atoms with Gasteiger partial charge in [-0.15, -0.1) is 0 Å². The van der Waals surface area contributed by atoms with Gasteiger partial charge in [-0.1, -0.05) is 0 Å². The molecule has 0 aliphatic heterocycles. The lowest BCUT2D eigenvalue weighted by molar-refractivity contribution is 0.00497. The summed E-state index contributed by atoms with van der Waals surface area (Å²) in [6.07, 6.45) is -0.0297. The van der Waals surface area contributed by atoms with E-state index in [0.29, 0.717) is 6.42 Å². The Morgan fingerprint density at radius 2 is 2.21 bits per heavy atom. The van der Waals surface area contributed by atoms with Crippen molar-refractivity contribution < 1.29 is 22.7 Å². The number of rotatable bonds is 4. The average Bonchev–Trinajstić information content (AvgIpc) is 2.68. The van der Waals surface area contributed by atoms with Gasteiger partial charge in [0.1, 0.15) is 0 Å². The fourth-order valence-corrected chi connectivity index (χ4v) is 2.44. The first kappa shape index (κ1) is 13.9. The van der Waals surface area contributed by atoms with Crippen LogP contribution in [-0.2, 0) is 0 Å². The van der Waals surface area contributed by atoms with Crippen molar-refractivity contribution in [2.45, 2.75) is 31.6 Å².